The second-order valence-corrected chi connectivity index (χ2v) is 3.37. The maximum Gasteiger partial charge on any atom is 0.405 e. The minimum Gasteiger partial charge on any atom is -0.397 e. The van der Waals surface area contributed by atoms with E-state index in [1.807, 2.05) is 0 Å². The standard InChI is InChI=1S/C9H9F3N4/c10-9(11,12)4-14-8-2-7-5(1-6(8)13)3-15-16-7/h1-3,14H,4,13H2,(H,15,16). The maximum atomic E-state index is 12.0. The second-order valence-electron chi connectivity index (χ2n) is 3.37. The van der Waals surface area contributed by atoms with E-state index in [0.717, 1.165) is 5.39 Å². The first-order chi connectivity index (χ1) is 7.46. The molecular formula is C9H9F3N4. The number of halogens is 3. The van der Waals surface area contributed by atoms with Gasteiger partial charge >= 0.3 is 6.18 Å². The maximum absolute atomic E-state index is 12.0. The van der Waals surface area contributed by atoms with Gasteiger partial charge in [0.1, 0.15) is 6.54 Å². The molecule has 0 amide bonds. The zero-order valence-corrected chi connectivity index (χ0v) is 8.10. The van der Waals surface area contributed by atoms with Gasteiger partial charge in [0.25, 0.3) is 0 Å². The largest absolute Gasteiger partial charge is 0.405 e. The van der Waals surface area contributed by atoms with Crippen molar-refractivity contribution < 1.29 is 13.2 Å². The van der Waals surface area contributed by atoms with Crippen molar-refractivity contribution in [3.8, 4) is 0 Å². The number of nitrogens with two attached hydrogens (primary N) is 1. The van der Waals surface area contributed by atoms with Crippen molar-refractivity contribution in [1.29, 1.82) is 0 Å². The average molecular weight is 230 g/mol. The lowest BCUT2D eigenvalue weighted by atomic mass is 10.2. The molecule has 0 atom stereocenters. The lowest BCUT2D eigenvalue weighted by Gasteiger charge is -2.11. The molecule has 0 saturated carbocycles. The molecule has 2 aromatic rings. The summed E-state index contributed by atoms with van der Waals surface area (Å²) >= 11 is 0. The van der Waals surface area contributed by atoms with Crippen LogP contribution < -0.4 is 11.1 Å². The number of hydrogen-bond acceptors (Lipinski definition) is 3. The Kier molecular flexibility index (Phi) is 2.37. The Morgan fingerprint density at radius 2 is 2.12 bits per heavy atom. The fourth-order valence-corrected chi connectivity index (χ4v) is 1.36. The molecule has 86 valence electrons. The van der Waals surface area contributed by atoms with Gasteiger partial charge in [0.15, 0.2) is 0 Å². The summed E-state index contributed by atoms with van der Waals surface area (Å²) < 4.78 is 36.0. The predicted molar refractivity (Wildman–Crippen MR) is 55.1 cm³/mol. The first-order valence-electron chi connectivity index (χ1n) is 4.49. The Balaban J connectivity index is 2.26. The molecule has 0 aliphatic carbocycles. The predicted octanol–water partition coefficient (Wildman–Crippen LogP) is 2.12. The molecule has 1 heterocycles. The van der Waals surface area contributed by atoms with Gasteiger partial charge < -0.3 is 11.1 Å². The molecule has 1 aromatic heterocycles. The molecule has 0 spiro atoms. The van der Waals surface area contributed by atoms with Gasteiger partial charge in [0.2, 0.25) is 0 Å². The minimum absolute atomic E-state index is 0.245. The monoisotopic (exact) mass is 230 g/mol. The Hall–Kier alpha value is -1.92. The zero-order chi connectivity index (χ0) is 11.8. The summed E-state index contributed by atoms with van der Waals surface area (Å²) in [4.78, 5) is 0. The number of nitrogens with zero attached hydrogens (tertiary/aromatic N) is 1. The van der Waals surface area contributed by atoms with E-state index in [1.165, 1.54) is 6.07 Å². The number of benzene rings is 1. The van der Waals surface area contributed by atoms with Crippen LogP contribution in [0.4, 0.5) is 24.5 Å². The van der Waals surface area contributed by atoms with Crippen LogP contribution >= 0.6 is 0 Å². The molecule has 4 N–H and O–H groups in total. The van der Waals surface area contributed by atoms with Crippen molar-refractivity contribution in [2.45, 2.75) is 6.18 Å². The number of aromatic amines is 1. The van der Waals surface area contributed by atoms with E-state index in [0.29, 0.717) is 5.52 Å². The van der Waals surface area contributed by atoms with E-state index >= 15 is 0 Å². The number of nitrogens with one attached hydrogen (secondary N) is 2. The van der Waals surface area contributed by atoms with Crippen LogP contribution in [0.1, 0.15) is 0 Å². The van der Waals surface area contributed by atoms with Gasteiger partial charge in [0, 0.05) is 5.39 Å². The Bertz CT molecular complexity index is 503. The van der Waals surface area contributed by atoms with Gasteiger partial charge in [-0.1, -0.05) is 0 Å². The second kappa shape index (κ2) is 3.58. The first-order valence-corrected chi connectivity index (χ1v) is 4.49. The summed E-state index contributed by atoms with van der Waals surface area (Å²) in [6, 6.07) is 3.07. The number of hydrogen-bond donors (Lipinski definition) is 3. The van der Waals surface area contributed by atoms with E-state index < -0.39 is 12.7 Å². The first kappa shape index (κ1) is 10.6. The smallest absolute Gasteiger partial charge is 0.397 e. The Morgan fingerprint density at radius 3 is 2.81 bits per heavy atom. The van der Waals surface area contributed by atoms with Gasteiger partial charge in [-0.3, -0.25) is 5.10 Å². The highest BCUT2D eigenvalue weighted by molar-refractivity contribution is 5.88. The molecule has 2 rings (SSSR count). The van der Waals surface area contributed by atoms with Crippen molar-refractivity contribution in [2.75, 3.05) is 17.6 Å². The number of rotatable bonds is 2. The van der Waals surface area contributed by atoms with E-state index in [9.17, 15) is 13.2 Å². The van der Waals surface area contributed by atoms with Crippen molar-refractivity contribution in [3.05, 3.63) is 18.3 Å². The summed E-state index contributed by atoms with van der Waals surface area (Å²) in [6.45, 7) is -1.11. The highest BCUT2D eigenvalue weighted by Gasteiger charge is 2.26. The summed E-state index contributed by atoms with van der Waals surface area (Å²) in [6.07, 6.45) is -2.71. The van der Waals surface area contributed by atoms with Crippen molar-refractivity contribution in [2.24, 2.45) is 0 Å². The molecule has 0 bridgehead atoms. The third-order valence-electron chi connectivity index (χ3n) is 2.09. The zero-order valence-electron chi connectivity index (χ0n) is 8.10. The highest BCUT2D eigenvalue weighted by Crippen LogP contribution is 2.26. The molecule has 0 aliphatic heterocycles. The van der Waals surface area contributed by atoms with Crippen LogP contribution in [0, 0.1) is 0 Å². The summed E-state index contributed by atoms with van der Waals surface area (Å²) in [7, 11) is 0. The van der Waals surface area contributed by atoms with E-state index in [2.05, 4.69) is 15.5 Å². The fourth-order valence-electron chi connectivity index (χ4n) is 1.36. The Morgan fingerprint density at radius 1 is 1.38 bits per heavy atom. The van der Waals surface area contributed by atoms with Crippen LogP contribution in [0.3, 0.4) is 0 Å². The van der Waals surface area contributed by atoms with Crippen LogP contribution in [0.5, 0.6) is 0 Å². The number of nitrogen functional groups attached to an aromatic ring is 1. The summed E-state index contributed by atoms with van der Waals surface area (Å²) in [5.41, 5.74) is 6.75. The van der Waals surface area contributed by atoms with Gasteiger partial charge in [-0.05, 0) is 12.1 Å². The molecule has 0 fully saturated rings. The quantitative estimate of drug-likeness (QED) is 0.692. The van der Waals surface area contributed by atoms with Crippen LogP contribution in [0.15, 0.2) is 18.3 Å². The average Bonchev–Trinajstić information content (AvgIpc) is 2.59. The SMILES string of the molecule is Nc1cc2cn[nH]c2cc1NCC(F)(F)F. The Labute approximate surface area is 88.6 Å². The molecule has 1 aromatic carbocycles. The topological polar surface area (TPSA) is 66.7 Å². The third kappa shape index (κ3) is 2.18. The van der Waals surface area contributed by atoms with Crippen LogP contribution in [-0.4, -0.2) is 22.9 Å². The van der Waals surface area contributed by atoms with Gasteiger partial charge in [-0.25, -0.2) is 0 Å². The van der Waals surface area contributed by atoms with Gasteiger partial charge in [-0.15, -0.1) is 0 Å². The van der Waals surface area contributed by atoms with Crippen molar-refractivity contribution >= 4 is 22.3 Å². The number of fused-ring (bicyclic) bond motifs is 1. The third-order valence-corrected chi connectivity index (χ3v) is 2.09. The minimum atomic E-state index is -4.27. The van der Waals surface area contributed by atoms with Gasteiger partial charge in [-0.2, -0.15) is 18.3 Å². The molecule has 0 unspecified atom stereocenters. The van der Waals surface area contributed by atoms with Gasteiger partial charge in [0.05, 0.1) is 23.1 Å². The molecule has 0 radical (unpaired) electrons. The number of anilines is 2. The van der Waals surface area contributed by atoms with Crippen molar-refractivity contribution in [1.82, 2.24) is 10.2 Å². The molecule has 7 heteroatoms. The fraction of sp³-hybridized carbons (Fsp3) is 0.222. The molecule has 16 heavy (non-hydrogen) atoms. The number of H-pyrrole nitrogens is 1. The van der Waals surface area contributed by atoms with E-state index in [-0.39, 0.29) is 11.4 Å². The van der Waals surface area contributed by atoms with E-state index in [4.69, 9.17) is 5.73 Å². The molecule has 0 aliphatic rings. The molecular weight excluding hydrogens is 221 g/mol. The number of alkyl halides is 3. The number of aromatic nitrogens is 2. The normalized spacial score (nSPS) is 11.9. The van der Waals surface area contributed by atoms with Crippen LogP contribution in [0.25, 0.3) is 10.9 Å². The molecule has 0 saturated heterocycles. The van der Waals surface area contributed by atoms with Crippen molar-refractivity contribution in [3.63, 3.8) is 0 Å². The lowest BCUT2D eigenvalue weighted by Crippen LogP contribution is -2.21. The summed E-state index contributed by atoms with van der Waals surface area (Å²) in [5, 5.41) is 9.42. The lowest BCUT2D eigenvalue weighted by molar-refractivity contribution is -0.115. The summed E-state index contributed by atoms with van der Waals surface area (Å²) in [5.74, 6) is 0. The highest BCUT2D eigenvalue weighted by atomic mass is 19.4. The molecule has 4 nitrogen and oxygen atoms in total. The van der Waals surface area contributed by atoms with Crippen LogP contribution in [0.2, 0.25) is 0 Å². The van der Waals surface area contributed by atoms with Crippen LogP contribution in [-0.2, 0) is 0 Å². The van der Waals surface area contributed by atoms with E-state index in [1.54, 1.807) is 12.3 Å².